The zero-order chi connectivity index (χ0) is 15.9. The summed E-state index contributed by atoms with van der Waals surface area (Å²) in [6, 6.07) is 7.06. The van der Waals surface area contributed by atoms with Gasteiger partial charge in [-0.1, -0.05) is 29.8 Å². The second kappa shape index (κ2) is 5.46. The molecule has 2 unspecified atom stereocenters. The number of hydrogen-bond acceptors (Lipinski definition) is 5. The fourth-order valence-electron chi connectivity index (χ4n) is 2.74. The van der Waals surface area contributed by atoms with E-state index in [-0.39, 0.29) is 5.88 Å². The predicted molar refractivity (Wildman–Crippen MR) is 77.8 cm³/mol. The highest BCUT2D eigenvalue weighted by Crippen LogP contribution is 2.45. The van der Waals surface area contributed by atoms with Gasteiger partial charge in [0.25, 0.3) is 0 Å². The summed E-state index contributed by atoms with van der Waals surface area (Å²) in [4.78, 5) is 24.4. The van der Waals surface area contributed by atoms with Crippen LogP contribution in [0.25, 0.3) is 0 Å². The van der Waals surface area contributed by atoms with Gasteiger partial charge >= 0.3 is 11.9 Å². The highest BCUT2D eigenvalue weighted by Gasteiger charge is 2.47. The van der Waals surface area contributed by atoms with Gasteiger partial charge in [0.1, 0.15) is 0 Å². The number of nitrogens with one attached hydrogen (secondary N) is 1. The molecule has 1 aliphatic heterocycles. The number of aryl methyl sites for hydroxylation is 1. The maximum atomic E-state index is 12.2. The van der Waals surface area contributed by atoms with Gasteiger partial charge in [-0.25, -0.2) is 0 Å². The van der Waals surface area contributed by atoms with Crippen molar-refractivity contribution in [3.63, 3.8) is 0 Å². The normalized spacial score (nSPS) is 20.2. The second-order valence-corrected chi connectivity index (χ2v) is 5.40. The Labute approximate surface area is 131 Å². The van der Waals surface area contributed by atoms with Crippen molar-refractivity contribution in [2.24, 2.45) is 5.92 Å². The number of fused-ring (bicyclic) bond motifs is 1. The Balaban J connectivity index is 2.24. The number of carbonyl (C=O) groups is 2. The summed E-state index contributed by atoms with van der Waals surface area (Å²) < 4.78 is 9.92. The summed E-state index contributed by atoms with van der Waals surface area (Å²) in [6.45, 7) is 1.79. The number of aromatic amines is 1. The van der Waals surface area contributed by atoms with Crippen molar-refractivity contribution in [1.82, 2.24) is 10.2 Å². The maximum Gasteiger partial charge on any atom is 0.328 e. The molecule has 1 N–H and O–H groups in total. The van der Waals surface area contributed by atoms with Gasteiger partial charge in [-0.2, -0.15) is 0 Å². The van der Waals surface area contributed by atoms with Gasteiger partial charge in [0, 0.05) is 22.2 Å². The first-order valence-electron chi connectivity index (χ1n) is 6.63. The molecular formula is C15H13ClN2O4. The lowest BCUT2D eigenvalue weighted by Gasteiger charge is -2.28. The number of halogens is 1. The molecule has 1 aliphatic rings. The van der Waals surface area contributed by atoms with Gasteiger partial charge in [-0.05, 0) is 18.6 Å². The van der Waals surface area contributed by atoms with E-state index in [1.807, 2.05) is 0 Å². The molecule has 7 heteroatoms. The molecule has 1 aromatic carbocycles. The number of rotatable bonds is 2. The summed E-state index contributed by atoms with van der Waals surface area (Å²) in [6.07, 6.45) is 0. The van der Waals surface area contributed by atoms with Crippen LogP contribution in [0.5, 0.6) is 5.88 Å². The molecule has 0 bridgehead atoms. The number of hydrogen-bond donors (Lipinski definition) is 1. The number of nitrogens with zero attached hydrogens (tertiary/aromatic N) is 1. The SMILES string of the molecule is COC(=O)C1C(=O)Oc2n[nH]c(C)c2C1c1ccccc1Cl. The average molecular weight is 321 g/mol. The van der Waals surface area contributed by atoms with E-state index in [9.17, 15) is 9.59 Å². The number of benzene rings is 1. The van der Waals surface area contributed by atoms with Crippen molar-refractivity contribution in [3.05, 3.63) is 46.1 Å². The number of aromatic nitrogens is 2. The molecule has 114 valence electrons. The third kappa shape index (κ3) is 2.16. The smallest absolute Gasteiger partial charge is 0.328 e. The quantitative estimate of drug-likeness (QED) is 0.677. The summed E-state index contributed by atoms with van der Waals surface area (Å²) in [5, 5.41) is 7.20. The van der Waals surface area contributed by atoms with Crippen LogP contribution in [-0.2, 0) is 14.3 Å². The highest BCUT2D eigenvalue weighted by molar-refractivity contribution is 6.31. The van der Waals surface area contributed by atoms with Crippen LogP contribution in [0, 0.1) is 12.8 Å². The molecule has 3 rings (SSSR count). The molecule has 2 atom stereocenters. The zero-order valence-corrected chi connectivity index (χ0v) is 12.7. The lowest BCUT2D eigenvalue weighted by molar-refractivity contribution is -0.157. The van der Waals surface area contributed by atoms with E-state index in [0.29, 0.717) is 21.8 Å². The molecule has 0 spiro atoms. The molecule has 1 aromatic heterocycles. The van der Waals surface area contributed by atoms with Crippen molar-refractivity contribution in [2.45, 2.75) is 12.8 Å². The Morgan fingerprint density at radius 1 is 1.41 bits per heavy atom. The van der Waals surface area contributed by atoms with E-state index < -0.39 is 23.8 Å². The lowest BCUT2D eigenvalue weighted by Crippen LogP contribution is -2.38. The van der Waals surface area contributed by atoms with Crippen LogP contribution in [0.2, 0.25) is 5.02 Å². The number of esters is 2. The third-order valence-corrected chi connectivity index (χ3v) is 4.09. The molecule has 2 aromatic rings. The molecule has 0 saturated carbocycles. The van der Waals surface area contributed by atoms with Gasteiger partial charge in [-0.15, -0.1) is 5.10 Å². The van der Waals surface area contributed by atoms with E-state index in [0.717, 1.165) is 0 Å². The number of ether oxygens (including phenoxy) is 2. The number of methoxy groups -OCH3 is 1. The first-order chi connectivity index (χ1) is 10.5. The van der Waals surface area contributed by atoms with E-state index in [1.165, 1.54) is 7.11 Å². The third-order valence-electron chi connectivity index (χ3n) is 3.75. The van der Waals surface area contributed by atoms with E-state index >= 15 is 0 Å². The molecular weight excluding hydrogens is 308 g/mol. The Morgan fingerprint density at radius 2 is 2.14 bits per heavy atom. The first-order valence-corrected chi connectivity index (χ1v) is 7.01. The van der Waals surface area contributed by atoms with Gasteiger partial charge in [0.15, 0.2) is 5.92 Å². The van der Waals surface area contributed by atoms with Crippen LogP contribution < -0.4 is 4.74 Å². The molecule has 0 saturated heterocycles. The zero-order valence-electron chi connectivity index (χ0n) is 11.9. The van der Waals surface area contributed by atoms with Gasteiger partial charge in [0.05, 0.1) is 7.11 Å². The molecule has 22 heavy (non-hydrogen) atoms. The Bertz CT molecular complexity index is 756. The molecule has 0 fully saturated rings. The number of H-pyrrole nitrogens is 1. The van der Waals surface area contributed by atoms with Crippen molar-refractivity contribution >= 4 is 23.5 Å². The Kier molecular flexibility index (Phi) is 3.62. The second-order valence-electron chi connectivity index (χ2n) is 4.99. The maximum absolute atomic E-state index is 12.2. The molecule has 6 nitrogen and oxygen atoms in total. The molecule has 0 amide bonds. The van der Waals surface area contributed by atoms with E-state index in [1.54, 1.807) is 31.2 Å². The molecule has 0 aliphatic carbocycles. The predicted octanol–water partition coefficient (Wildman–Crippen LogP) is 2.21. The summed E-state index contributed by atoms with van der Waals surface area (Å²) in [5.74, 6) is -2.91. The standard InChI is InChI=1S/C15H13ClN2O4/c1-7-10-11(8-5-3-4-6-9(8)16)12(14(19)21-2)15(20)22-13(10)18-17-7/h3-6,11-12H,1-2H3,(H,17,18). The van der Waals surface area contributed by atoms with Crippen molar-refractivity contribution < 1.29 is 19.1 Å². The monoisotopic (exact) mass is 320 g/mol. The van der Waals surface area contributed by atoms with Gasteiger partial charge < -0.3 is 9.47 Å². The van der Waals surface area contributed by atoms with Crippen LogP contribution >= 0.6 is 11.6 Å². The van der Waals surface area contributed by atoms with Crippen LogP contribution in [0.3, 0.4) is 0 Å². The van der Waals surface area contributed by atoms with Crippen LogP contribution in [0.1, 0.15) is 22.7 Å². The lowest BCUT2D eigenvalue weighted by atomic mass is 9.79. The summed E-state index contributed by atoms with van der Waals surface area (Å²) in [5.41, 5.74) is 2.01. The topological polar surface area (TPSA) is 81.3 Å². The minimum Gasteiger partial charge on any atom is -0.468 e. The largest absolute Gasteiger partial charge is 0.468 e. The van der Waals surface area contributed by atoms with Crippen molar-refractivity contribution in [1.29, 1.82) is 0 Å². The Hall–Kier alpha value is -2.34. The van der Waals surface area contributed by atoms with Crippen molar-refractivity contribution in [3.8, 4) is 5.88 Å². The van der Waals surface area contributed by atoms with Gasteiger partial charge in [0.2, 0.25) is 5.88 Å². The van der Waals surface area contributed by atoms with Crippen LogP contribution in [0.15, 0.2) is 24.3 Å². The highest BCUT2D eigenvalue weighted by atomic mass is 35.5. The minimum absolute atomic E-state index is 0.174. The Morgan fingerprint density at radius 3 is 2.82 bits per heavy atom. The average Bonchev–Trinajstić information content (AvgIpc) is 2.87. The number of carbonyl (C=O) groups excluding carboxylic acids is 2. The van der Waals surface area contributed by atoms with Crippen LogP contribution in [0.4, 0.5) is 0 Å². The van der Waals surface area contributed by atoms with Crippen LogP contribution in [-0.4, -0.2) is 29.2 Å². The van der Waals surface area contributed by atoms with Gasteiger partial charge in [-0.3, -0.25) is 14.7 Å². The van der Waals surface area contributed by atoms with E-state index in [2.05, 4.69) is 10.2 Å². The fraction of sp³-hybridized carbons (Fsp3) is 0.267. The minimum atomic E-state index is -1.12. The molecule has 0 radical (unpaired) electrons. The van der Waals surface area contributed by atoms with Crippen molar-refractivity contribution in [2.75, 3.05) is 7.11 Å². The summed E-state index contributed by atoms with van der Waals surface area (Å²) >= 11 is 6.27. The fourth-order valence-corrected chi connectivity index (χ4v) is 3.00. The molecule has 2 heterocycles. The van der Waals surface area contributed by atoms with E-state index in [4.69, 9.17) is 21.1 Å². The first kappa shape index (κ1) is 14.6. The summed E-state index contributed by atoms with van der Waals surface area (Å²) in [7, 11) is 1.23.